The molecule has 0 spiro atoms. The van der Waals surface area contributed by atoms with Gasteiger partial charge in [0.05, 0.1) is 25.6 Å². The first-order valence-electron chi connectivity index (χ1n) is 14.7. The number of esters is 1. The molecule has 0 aliphatic carbocycles. The van der Waals surface area contributed by atoms with Crippen molar-refractivity contribution < 1.29 is 23.2 Å². The summed E-state index contributed by atoms with van der Waals surface area (Å²) in [5.41, 5.74) is 1.25. The Morgan fingerprint density at radius 2 is 1.75 bits per heavy atom. The van der Waals surface area contributed by atoms with Crippen LogP contribution in [0.1, 0.15) is 36.0 Å². The minimum Gasteiger partial charge on any atom is -0.497 e. The van der Waals surface area contributed by atoms with Crippen LogP contribution in [0.5, 0.6) is 5.75 Å². The van der Waals surface area contributed by atoms with E-state index in [1.165, 1.54) is 36.0 Å². The maximum atomic E-state index is 15.8. The number of aromatic nitrogens is 4. The van der Waals surface area contributed by atoms with Gasteiger partial charge in [-0.25, -0.2) is 14.0 Å². The number of halogens is 1. The molecule has 0 saturated heterocycles. The summed E-state index contributed by atoms with van der Waals surface area (Å²) in [6.07, 6.45) is -0.316. The molecule has 0 amide bonds. The topological polar surface area (TPSA) is 138 Å². The minimum atomic E-state index is -0.949. The molecule has 6 aromatic rings. The largest absolute Gasteiger partial charge is 0.497 e. The van der Waals surface area contributed by atoms with Crippen molar-refractivity contribution in [2.24, 2.45) is 0 Å². The number of nitrogens with zero attached hydrogens (tertiary/aromatic N) is 3. The summed E-state index contributed by atoms with van der Waals surface area (Å²) in [7, 11) is 1.53. The number of methoxy groups -OCH3 is 1. The van der Waals surface area contributed by atoms with Crippen LogP contribution in [-0.2, 0) is 29.0 Å². The maximum absolute atomic E-state index is 15.8. The van der Waals surface area contributed by atoms with Gasteiger partial charge in [-0.2, -0.15) is 0 Å². The van der Waals surface area contributed by atoms with Gasteiger partial charge in [0, 0.05) is 74.3 Å². The molecule has 48 heavy (non-hydrogen) atoms. The average Bonchev–Trinajstić information content (AvgIpc) is 3.71. The molecule has 0 bridgehead atoms. The molecule has 3 aromatic heterocycles. The molecule has 3 aromatic carbocycles. The van der Waals surface area contributed by atoms with Crippen LogP contribution in [-0.4, -0.2) is 83.7 Å². The molecule has 14 heteroatoms. The van der Waals surface area contributed by atoms with Gasteiger partial charge in [0.25, 0.3) is 5.56 Å². The number of H-pyrrole nitrogens is 1. The normalized spacial score (nSPS) is 11.7. The molecular weight excluding hydrogens is 667 g/mol. The number of aromatic amines is 1. The van der Waals surface area contributed by atoms with Gasteiger partial charge in [-0.1, -0.05) is 60.6 Å². The van der Waals surface area contributed by atoms with Gasteiger partial charge in [0.1, 0.15) is 22.5 Å². The summed E-state index contributed by atoms with van der Waals surface area (Å²) >= 11 is 1.30. The monoisotopic (exact) mass is 695 g/mol. The van der Waals surface area contributed by atoms with Crippen LogP contribution in [0.15, 0.2) is 91.7 Å². The third kappa shape index (κ3) is 7.23. The summed E-state index contributed by atoms with van der Waals surface area (Å²) in [5.74, 6) is -1.07. The first kappa shape index (κ1) is 35.4. The van der Waals surface area contributed by atoms with Gasteiger partial charge in [0.15, 0.2) is 5.82 Å². The van der Waals surface area contributed by atoms with Crippen molar-refractivity contribution in [2.75, 3.05) is 7.11 Å². The van der Waals surface area contributed by atoms with E-state index in [0.717, 1.165) is 9.44 Å². The Kier molecular flexibility index (Phi) is 11.1. The predicted octanol–water partition coefficient (Wildman–Crippen LogP) is 4.92. The van der Waals surface area contributed by atoms with Crippen molar-refractivity contribution in [3.63, 3.8) is 0 Å². The SMILES string of the molecule is CCc1cc2c(=O)n(CC(OC(C)=O)c3ccc(OC)cc3)c(=O)n(Cc3ccc(-c4ccccc4-c4noc(=O)[nH]4)cc3F)c2s1.[K]. The van der Waals surface area contributed by atoms with E-state index >= 15 is 4.39 Å². The quantitative estimate of drug-likeness (QED) is 0.158. The van der Waals surface area contributed by atoms with Crippen molar-refractivity contribution in [2.45, 2.75) is 39.5 Å². The van der Waals surface area contributed by atoms with Gasteiger partial charge >= 0.3 is 17.4 Å². The molecule has 1 atom stereocenters. The molecule has 11 nitrogen and oxygen atoms in total. The number of aryl methyl sites for hydroxylation is 1. The molecule has 241 valence electrons. The second-order valence-electron chi connectivity index (χ2n) is 10.7. The fourth-order valence-corrected chi connectivity index (χ4v) is 6.50. The van der Waals surface area contributed by atoms with Crippen molar-refractivity contribution in [3.05, 3.63) is 126 Å². The summed E-state index contributed by atoms with van der Waals surface area (Å²) in [5, 5.41) is 4.07. The van der Waals surface area contributed by atoms with Gasteiger partial charge in [-0.3, -0.25) is 28.2 Å². The Balaban J connectivity index is 0.00000451. The predicted molar refractivity (Wildman–Crippen MR) is 180 cm³/mol. The van der Waals surface area contributed by atoms with Crippen molar-refractivity contribution in [1.29, 1.82) is 0 Å². The fraction of sp³-hybridized carbons (Fsp3) is 0.206. The zero-order valence-electron chi connectivity index (χ0n) is 26.6. The van der Waals surface area contributed by atoms with Crippen LogP contribution >= 0.6 is 11.3 Å². The van der Waals surface area contributed by atoms with Crippen LogP contribution < -0.4 is 21.7 Å². The number of benzene rings is 3. The Morgan fingerprint density at radius 3 is 2.38 bits per heavy atom. The van der Waals surface area contributed by atoms with E-state index in [1.54, 1.807) is 66.7 Å². The Morgan fingerprint density at radius 1 is 1.02 bits per heavy atom. The van der Waals surface area contributed by atoms with E-state index in [9.17, 15) is 19.2 Å². The van der Waals surface area contributed by atoms with E-state index in [4.69, 9.17) is 9.47 Å². The first-order chi connectivity index (χ1) is 22.7. The van der Waals surface area contributed by atoms with Crippen molar-refractivity contribution in [3.8, 4) is 28.3 Å². The van der Waals surface area contributed by atoms with E-state index in [-0.39, 0.29) is 75.9 Å². The average molecular weight is 696 g/mol. The second-order valence-corrected chi connectivity index (χ2v) is 11.9. The van der Waals surface area contributed by atoms with E-state index < -0.39 is 34.9 Å². The van der Waals surface area contributed by atoms with E-state index in [1.807, 2.05) is 6.92 Å². The molecule has 0 fully saturated rings. The third-order valence-electron chi connectivity index (χ3n) is 7.75. The number of thiophene rings is 1. The maximum Gasteiger partial charge on any atom is 0.439 e. The molecule has 1 unspecified atom stereocenters. The molecule has 0 aliphatic rings. The Labute approximate surface area is 319 Å². The molecule has 0 aliphatic heterocycles. The molecule has 3 heterocycles. The first-order valence-corrected chi connectivity index (χ1v) is 15.5. The number of rotatable bonds is 10. The number of hydrogen-bond acceptors (Lipinski definition) is 9. The third-order valence-corrected chi connectivity index (χ3v) is 9.06. The molecule has 1 N–H and O–H groups in total. The van der Waals surface area contributed by atoms with E-state index in [2.05, 4.69) is 14.7 Å². The van der Waals surface area contributed by atoms with Gasteiger partial charge in [-0.05, 0) is 47.4 Å². The zero-order valence-corrected chi connectivity index (χ0v) is 30.6. The van der Waals surface area contributed by atoms with Crippen LogP contribution in [0.3, 0.4) is 0 Å². The Bertz CT molecular complexity index is 2290. The van der Waals surface area contributed by atoms with Gasteiger partial charge in [-0.15, -0.1) is 11.3 Å². The smallest absolute Gasteiger partial charge is 0.439 e. The number of hydrogen-bond donors (Lipinski definition) is 1. The van der Waals surface area contributed by atoms with Crippen LogP contribution in [0.2, 0.25) is 0 Å². The number of carbonyl (C=O) groups excluding carboxylic acids is 1. The molecule has 0 saturated carbocycles. The minimum absolute atomic E-state index is 0. The van der Waals surface area contributed by atoms with E-state index in [0.29, 0.717) is 44.6 Å². The summed E-state index contributed by atoms with van der Waals surface area (Å²) in [6.45, 7) is 2.78. The molecule has 1 radical (unpaired) electrons. The number of carbonyl (C=O) groups is 1. The van der Waals surface area contributed by atoms with Crippen LogP contribution in [0.4, 0.5) is 4.39 Å². The van der Waals surface area contributed by atoms with Gasteiger partial charge < -0.3 is 9.47 Å². The van der Waals surface area contributed by atoms with Crippen molar-refractivity contribution in [1.82, 2.24) is 19.3 Å². The summed E-state index contributed by atoms with van der Waals surface area (Å²) in [4.78, 5) is 55.2. The fourth-order valence-electron chi connectivity index (χ4n) is 5.42. The molecular formula is C34H29FKN4O7S. The standard InChI is InChI=1S/C34H29FN4O7S.K/c1-4-24-16-27-31(41)38(18-29(45-19(2)40)20-11-13-23(44-3)14-12-20)34(43)39(32(27)47-24)17-22-10-9-21(15-28(22)35)25-7-5-6-8-26(25)30-36-33(42)46-37-30;/h5-16,29H,4,17-18H2,1-3H3,(H,36,37,42);. The van der Waals surface area contributed by atoms with Crippen LogP contribution in [0, 0.1) is 5.82 Å². The molecule has 6 rings (SSSR count). The summed E-state index contributed by atoms with van der Waals surface area (Å²) in [6, 6.07) is 20.2. The van der Waals surface area contributed by atoms with Crippen LogP contribution in [0.25, 0.3) is 32.7 Å². The van der Waals surface area contributed by atoms with Gasteiger partial charge in [0.2, 0.25) is 0 Å². The second kappa shape index (κ2) is 15.1. The number of nitrogens with one attached hydrogen (secondary N) is 1. The number of fused-ring (bicyclic) bond motifs is 1. The zero-order chi connectivity index (χ0) is 33.2. The Hall–Kier alpha value is -3.92. The summed E-state index contributed by atoms with van der Waals surface area (Å²) < 4.78 is 33.7. The number of ether oxygens (including phenoxy) is 2. The van der Waals surface area contributed by atoms with Crippen molar-refractivity contribution >= 4 is 78.9 Å².